The topological polar surface area (TPSA) is 84.3 Å². The summed E-state index contributed by atoms with van der Waals surface area (Å²) in [6.45, 7) is 7.47. The summed E-state index contributed by atoms with van der Waals surface area (Å²) in [6, 6.07) is 5.43. The van der Waals surface area contributed by atoms with Crippen LogP contribution >= 0.6 is 0 Å². The zero-order chi connectivity index (χ0) is 22.0. The van der Waals surface area contributed by atoms with Crippen LogP contribution in [0.1, 0.15) is 72.0 Å². The van der Waals surface area contributed by atoms with Crippen LogP contribution in [0.2, 0.25) is 0 Å². The van der Waals surface area contributed by atoms with E-state index in [0.717, 1.165) is 41.8 Å². The molecule has 31 heavy (non-hydrogen) atoms. The number of nitrogens with zero attached hydrogens (tertiary/aromatic N) is 3. The number of hydrogen-bond acceptors (Lipinski definition) is 4. The highest BCUT2D eigenvalue weighted by Crippen LogP contribution is 2.44. The predicted octanol–water partition coefficient (Wildman–Crippen LogP) is 3.18. The van der Waals surface area contributed by atoms with Crippen LogP contribution < -0.4 is 5.32 Å². The quantitative estimate of drug-likeness (QED) is 0.768. The van der Waals surface area contributed by atoms with Gasteiger partial charge in [0.15, 0.2) is 5.78 Å². The van der Waals surface area contributed by atoms with Crippen LogP contribution in [0.25, 0.3) is 0 Å². The van der Waals surface area contributed by atoms with Crippen molar-refractivity contribution in [1.82, 2.24) is 14.7 Å². The second kappa shape index (κ2) is 6.77. The van der Waals surface area contributed by atoms with Gasteiger partial charge in [0.1, 0.15) is 5.69 Å². The summed E-state index contributed by atoms with van der Waals surface area (Å²) < 4.78 is 1.86. The lowest BCUT2D eigenvalue weighted by atomic mass is 9.67. The third kappa shape index (κ3) is 3.36. The Morgan fingerprint density at radius 1 is 1.10 bits per heavy atom. The number of aromatic nitrogens is 2. The number of rotatable bonds is 1. The van der Waals surface area contributed by atoms with Crippen molar-refractivity contribution in [1.29, 1.82) is 0 Å². The molecule has 5 rings (SSSR count). The average molecular weight is 421 g/mol. The molecule has 0 bridgehead atoms. The number of anilines is 1. The minimum absolute atomic E-state index is 0.000348. The minimum atomic E-state index is -0.223. The third-order valence-corrected chi connectivity index (χ3v) is 6.93. The zero-order valence-corrected chi connectivity index (χ0v) is 18.3. The first kappa shape index (κ1) is 20.0. The second-order valence-corrected chi connectivity index (χ2v) is 10.3. The summed E-state index contributed by atoms with van der Waals surface area (Å²) in [7, 11) is 0. The van der Waals surface area contributed by atoms with E-state index in [1.165, 1.54) is 0 Å². The Kier molecular flexibility index (Phi) is 4.36. The van der Waals surface area contributed by atoms with Crippen LogP contribution in [0.5, 0.6) is 0 Å². The lowest BCUT2D eigenvalue weighted by Crippen LogP contribution is -2.46. The summed E-state index contributed by atoms with van der Waals surface area (Å²) in [5.74, 6) is 0.139. The maximum absolute atomic E-state index is 13.1. The molecule has 1 fully saturated rings. The number of nitrogens with one attached hydrogen (secondary N) is 1. The van der Waals surface area contributed by atoms with Crippen molar-refractivity contribution in [2.45, 2.75) is 58.4 Å². The molecule has 7 nitrogen and oxygen atoms in total. The molecular weight excluding hydrogens is 392 g/mol. The molecule has 1 aromatic carbocycles. The van der Waals surface area contributed by atoms with Gasteiger partial charge < -0.3 is 10.2 Å². The summed E-state index contributed by atoms with van der Waals surface area (Å²) in [4.78, 5) is 39.6. The van der Waals surface area contributed by atoms with Crippen LogP contribution in [0.4, 0.5) is 5.69 Å². The van der Waals surface area contributed by atoms with E-state index in [9.17, 15) is 14.4 Å². The first-order valence-corrected chi connectivity index (χ1v) is 11.0. The maximum atomic E-state index is 13.1. The molecule has 1 aliphatic carbocycles. The smallest absolute Gasteiger partial charge is 0.253 e. The van der Waals surface area contributed by atoms with Crippen LogP contribution in [0, 0.1) is 5.41 Å². The van der Waals surface area contributed by atoms with E-state index >= 15 is 0 Å². The van der Waals surface area contributed by atoms with Crippen molar-refractivity contribution in [2.75, 3.05) is 18.4 Å². The number of carbonyl (C=O) groups is 3. The fourth-order valence-corrected chi connectivity index (χ4v) is 5.29. The molecule has 1 saturated heterocycles. The molecule has 0 unspecified atom stereocenters. The number of carbonyl (C=O) groups excluding carboxylic acids is 3. The van der Waals surface area contributed by atoms with Crippen LogP contribution in [-0.4, -0.2) is 45.4 Å². The number of ketones is 1. The van der Waals surface area contributed by atoms with E-state index < -0.39 is 0 Å². The van der Waals surface area contributed by atoms with Gasteiger partial charge in [-0.3, -0.25) is 19.1 Å². The molecule has 2 aromatic rings. The molecule has 0 saturated carbocycles. The number of likely N-dealkylation sites (tertiary alicyclic amines) is 1. The number of piperidine rings is 1. The Labute approximate surface area is 181 Å². The van der Waals surface area contributed by atoms with Crippen molar-refractivity contribution >= 4 is 23.3 Å². The summed E-state index contributed by atoms with van der Waals surface area (Å²) in [5, 5.41) is 7.32. The highest BCUT2D eigenvalue weighted by Gasteiger charge is 2.44. The Morgan fingerprint density at radius 2 is 1.84 bits per heavy atom. The normalized spacial score (nSPS) is 19.9. The number of benzene rings is 1. The first-order valence-electron chi connectivity index (χ1n) is 11.0. The first-order chi connectivity index (χ1) is 14.7. The van der Waals surface area contributed by atoms with Gasteiger partial charge in [-0.1, -0.05) is 0 Å². The number of fused-ring (bicyclic) bond motifs is 2. The minimum Gasteiger partial charge on any atom is -0.339 e. The van der Waals surface area contributed by atoms with Crippen molar-refractivity contribution in [3.8, 4) is 0 Å². The molecule has 162 valence electrons. The van der Waals surface area contributed by atoms with Crippen molar-refractivity contribution in [3.63, 3.8) is 0 Å². The second-order valence-electron chi connectivity index (χ2n) is 10.3. The maximum Gasteiger partial charge on any atom is 0.253 e. The van der Waals surface area contributed by atoms with Gasteiger partial charge in [-0.2, -0.15) is 5.10 Å². The Bertz CT molecular complexity index is 1100. The van der Waals surface area contributed by atoms with Crippen molar-refractivity contribution in [2.24, 2.45) is 5.41 Å². The molecule has 1 N–H and O–H groups in total. The van der Waals surface area contributed by atoms with E-state index in [-0.39, 0.29) is 28.6 Å². The van der Waals surface area contributed by atoms with Gasteiger partial charge in [-0.25, -0.2) is 0 Å². The van der Waals surface area contributed by atoms with Gasteiger partial charge in [-0.05, 0) is 69.2 Å². The molecular formula is C24H28N4O3. The molecule has 0 atom stereocenters. The summed E-state index contributed by atoms with van der Waals surface area (Å²) >= 11 is 0. The van der Waals surface area contributed by atoms with E-state index in [0.29, 0.717) is 31.5 Å². The highest BCUT2D eigenvalue weighted by atomic mass is 16.2. The van der Waals surface area contributed by atoms with Crippen LogP contribution in [-0.2, 0) is 23.2 Å². The van der Waals surface area contributed by atoms with E-state index in [1.807, 2.05) is 27.9 Å². The predicted molar refractivity (Wildman–Crippen MR) is 116 cm³/mol. The van der Waals surface area contributed by atoms with E-state index in [1.54, 1.807) is 6.07 Å². The molecule has 0 radical (unpaired) electrons. The zero-order valence-electron chi connectivity index (χ0n) is 18.3. The van der Waals surface area contributed by atoms with Gasteiger partial charge in [0.25, 0.3) is 5.91 Å². The highest BCUT2D eigenvalue weighted by molar-refractivity contribution is 6.02. The van der Waals surface area contributed by atoms with Crippen molar-refractivity contribution < 1.29 is 14.4 Å². The lowest BCUT2D eigenvalue weighted by molar-refractivity contribution is -0.115. The Hall–Kier alpha value is -2.96. The molecule has 1 spiro atoms. The molecule has 2 amide bonds. The SMILES string of the molecule is CC(C)(C)n1ncc2c1C(=O)CC1(CCN(C(=O)c3ccc4c(c3)CC(=O)N4)CC1)C2. The largest absolute Gasteiger partial charge is 0.339 e. The molecule has 1 aromatic heterocycles. The number of amides is 2. The number of hydrogen-bond donors (Lipinski definition) is 1. The van der Waals surface area contributed by atoms with Gasteiger partial charge in [0, 0.05) is 36.3 Å². The van der Waals surface area contributed by atoms with Crippen LogP contribution in [0.15, 0.2) is 24.4 Å². The summed E-state index contributed by atoms with van der Waals surface area (Å²) in [6.07, 6.45) is 5.18. The molecule has 2 aliphatic heterocycles. The standard InChI is InChI=1S/C24H28N4O3/c1-23(2,3)28-21-17(14-25-28)12-24(13-19(21)29)6-8-27(9-7-24)22(31)15-4-5-18-16(10-15)11-20(30)26-18/h4-5,10,14H,6-9,11-13H2,1-3H3,(H,26,30). The molecule has 7 heteroatoms. The van der Waals surface area contributed by atoms with E-state index in [2.05, 4.69) is 31.2 Å². The average Bonchev–Trinajstić information content (AvgIpc) is 3.30. The molecule has 3 heterocycles. The van der Waals surface area contributed by atoms with Gasteiger partial charge >= 0.3 is 0 Å². The number of Topliss-reactive ketones (excluding diaryl/α,β-unsaturated/α-hetero) is 1. The van der Waals surface area contributed by atoms with E-state index in [4.69, 9.17) is 0 Å². The monoisotopic (exact) mass is 420 g/mol. The Morgan fingerprint density at radius 3 is 2.55 bits per heavy atom. The van der Waals surface area contributed by atoms with Gasteiger partial charge in [-0.15, -0.1) is 0 Å². The third-order valence-electron chi connectivity index (χ3n) is 6.93. The fourth-order valence-electron chi connectivity index (χ4n) is 5.29. The van der Waals surface area contributed by atoms with Gasteiger partial charge in [0.2, 0.25) is 5.91 Å². The van der Waals surface area contributed by atoms with Crippen LogP contribution in [0.3, 0.4) is 0 Å². The van der Waals surface area contributed by atoms with Crippen molar-refractivity contribution in [3.05, 3.63) is 46.8 Å². The lowest BCUT2D eigenvalue weighted by Gasteiger charge is -2.43. The summed E-state index contributed by atoms with van der Waals surface area (Å²) in [5.41, 5.74) is 3.80. The molecule has 3 aliphatic rings. The van der Waals surface area contributed by atoms with Gasteiger partial charge in [0.05, 0.1) is 18.2 Å². The Balaban J connectivity index is 1.30. The fraction of sp³-hybridized carbons (Fsp3) is 0.500.